The van der Waals surface area contributed by atoms with Gasteiger partial charge in [0, 0.05) is 51.5 Å². The van der Waals surface area contributed by atoms with Gasteiger partial charge in [0.15, 0.2) is 0 Å². The molecule has 0 aromatic heterocycles. The third kappa shape index (κ3) is 5.23. The maximum absolute atomic E-state index is 11.5. The Morgan fingerprint density at radius 1 is 0.684 bits per heavy atom. The molecule has 4 aliphatic rings. The molecule has 2 fully saturated rings. The maximum Gasteiger partial charge on any atom is 0.338 e. The van der Waals surface area contributed by atoms with Crippen molar-refractivity contribution in [2.75, 3.05) is 40.4 Å². The summed E-state index contributed by atoms with van der Waals surface area (Å²) in [4.78, 5) is 23.1. The van der Waals surface area contributed by atoms with Crippen molar-refractivity contribution in [1.82, 2.24) is 10.6 Å². The standard InChI is InChI=1S/2C15H19NO3/c2*1-9-12(10-5-11(18-2)7-16-6-10)3-4-13-14(9)8-19-15(13)17/h2*3-4,10-11,16H,5-8H2,1-2H3. The molecule has 2 aromatic rings. The van der Waals surface area contributed by atoms with Crippen LogP contribution in [0.15, 0.2) is 24.3 Å². The van der Waals surface area contributed by atoms with Gasteiger partial charge < -0.3 is 29.6 Å². The van der Waals surface area contributed by atoms with E-state index in [2.05, 4.69) is 36.6 Å². The lowest BCUT2D eigenvalue weighted by molar-refractivity contribution is 0.0526. The first-order valence-electron chi connectivity index (χ1n) is 13.5. The molecule has 38 heavy (non-hydrogen) atoms. The highest BCUT2D eigenvalue weighted by Crippen LogP contribution is 2.34. The first-order valence-corrected chi connectivity index (χ1v) is 13.5. The Morgan fingerprint density at radius 2 is 1.11 bits per heavy atom. The molecule has 4 unspecified atom stereocenters. The van der Waals surface area contributed by atoms with E-state index >= 15 is 0 Å². The predicted molar refractivity (Wildman–Crippen MR) is 143 cm³/mol. The van der Waals surface area contributed by atoms with Crippen LogP contribution in [-0.4, -0.2) is 64.5 Å². The molecule has 4 aliphatic heterocycles. The van der Waals surface area contributed by atoms with Crippen LogP contribution in [0.5, 0.6) is 0 Å². The largest absolute Gasteiger partial charge is 0.457 e. The van der Waals surface area contributed by atoms with E-state index < -0.39 is 0 Å². The minimum Gasteiger partial charge on any atom is -0.457 e. The zero-order valence-electron chi connectivity index (χ0n) is 22.7. The highest BCUT2D eigenvalue weighted by atomic mass is 16.5. The number of methoxy groups -OCH3 is 2. The second-order valence-corrected chi connectivity index (χ2v) is 10.7. The molecule has 0 aliphatic carbocycles. The quantitative estimate of drug-likeness (QED) is 0.589. The number of carbonyl (C=O) groups is 2. The monoisotopic (exact) mass is 522 g/mol. The van der Waals surface area contributed by atoms with Gasteiger partial charge in [-0.05, 0) is 72.9 Å². The molecule has 0 amide bonds. The number of esters is 2. The van der Waals surface area contributed by atoms with E-state index in [1.165, 1.54) is 22.3 Å². The first kappa shape index (κ1) is 26.8. The van der Waals surface area contributed by atoms with Crippen molar-refractivity contribution in [2.24, 2.45) is 0 Å². The lowest BCUT2D eigenvalue weighted by Gasteiger charge is -2.30. The van der Waals surface area contributed by atoms with Crippen LogP contribution in [0.2, 0.25) is 0 Å². The zero-order chi connectivity index (χ0) is 26.8. The van der Waals surface area contributed by atoms with Gasteiger partial charge in [-0.25, -0.2) is 9.59 Å². The summed E-state index contributed by atoms with van der Waals surface area (Å²) < 4.78 is 21.1. The van der Waals surface area contributed by atoms with Crippen molar-refractivity contribution in [3.63, 3.8) is 0 Å². The molecular weight excluding hydrogens is 484 g/mol. The van der Waals surface area contributed by atoms with E-state index in [1.807, 2.05) is 12.1 Å². The Bertz CT molecular complexity index is 1120. The Labute approximate surface area is 224 Å². The number of rotatable bonds is 4. The Morgan fingerprint density at radius 3 is 1.50 bits per heavy atom. The highest BCUT2D eigenvalue weighted by Gasteiger charge is 2.30. The Kier molecular flexibility index (Phi) is 8.14. The predicted octanol–water partition coefficient (Wildman–Crippen LogP) is 3.51. The molecule has 8 nitrogen and oxygen atoms in total. The maximum atomic E-state index is 11.5. The Hall–Kier alpha value is -2.78. The molecule has 0 spiro atoms. The minimum absolute atomic E-state index is 0.193. The van der Waals surface area contributed by atoms with Gasteiger partial charge in [-0.1, -0.05) is 12.1 Å². The van der Waals surface area contributed by atoms with Crippen LogP contribution < -0.4 is 10.6 Å². The lowest BCUT2D eigenvalue weighted by Crippen LogP contribution is -2.39. The molecular formula is C30H38N2O6. The summed E-state index contributed by atoms with van der Waals surface area (Å²) in [6.07, 6.45) is 2.59. The summed E-state index contributed by atoms with van der Waals surface area (Å²) in [5.74, 6) is 0.502. The molecule has 0 saturated carbocycles. The number of carbonyl (C=O) groups excluding carboxylic acids is 2. The number of ether oxygens (including phenoxy) is 4. The lowest BCUT2D eigenvalue weighted by atomic mass is 9.85. The van der Waals surface area contributed by atoms with Gasteiger partial charge in [0.1, 0.15) is 13.2 Å². The van der Waals surface area contributed by atoms with Crippen molar-refractivity contribution in [2.45, 2.75) is 63.9 Å². The van der Waals surface area contributed by atoms with Crippen LogP contribution in [0.4, 0.5) is 0 Å². The third-order valence-electron chi connectivity index (χ3n) is 8.58. The van der Waals surface area contributed by atoms with Crippen LogP contribution >= 0.6 is 0 Å². The molecule has 204 valence electrons. The average Bonchev–Trinajstić information content (AvgIpc) is 3.52. The number of cyclic esters (lactones) is 2. The van der Waals surface area contributed by atoms with E-state index in [1.54, 1.807) is 14.2 Å². The van der Waals surface area contributed by atoms with Gasteiger partial charge >= 0.3 is 11.9 Å². The van der Waals surface area contributed by atoms with E-state index in [9.17, 15) is 9.59 Å². The smallest absolute Gasteiger partial charge is 0.338 e. The number of piperidine rings is 2. The summed E-state index contributed by atoms with van der Waals surface area (Å²) in [6.45, 7) is 8.78. The fourth-order valence-corrected chi connectivity index (χ4v) is 6.26. The van der Waals surface area contributed by atoms with Crippen molar-refractivity contribution in [3.05, 3.63) is 68.8 Å². The van der Waals surface area contributed by atoms with Crippen molar-refractivity contribution in [1.29, 1.82) is 0 Å². The van der Waals surface area contributed by atoms with Crippen molar-refractivity contribution in [3.8, 4) is 0 Å². The number of benzene rings is 2. The highest BCUT2D eigenvalue weighted by molar-refractivity contribution is 5.94. The molecule has 4 atom stereocenters. The normalized spacial score (nSPS) is 26.1. The second kappa shape index (κ2) is 11.5. The van der Waals surface area contributed by atoms with Gasteiger partial charge in [0.25, 0.3) is 0 Å². The summed E-state index contributed by atoms with van der Waals surface area (Å²) in [7, 11) is 3.52. The minimum atomic E-state index is -0.193. The summed E-state index contributed by atoms with van der Waals surface area (Å²) in [6, 6.07) is 7.96. The van der Waals surface area contributed by atoms with Crippen LogP contribution in [0.25, 0.3) is 0 Å². The van der Waals surface area contributed by atoms with E-state index in [0.717, 1.165) is 61.3 Å². The SMILES string of the molecule is COC1CNCC(c2ccc3c(c2C)COC3=O)C1.COC1CNCC(c2ccc3c(c2C)COC3=O)C1. The average molecular weight is 523 g/mol. The van der Waals surface area contributed by atoms with Crippen LogP contribution in [0.1, 0.15) is 78.8 Å². The fourth-order valence-electron chi connectivity index (χ4n) is 6.26. The fraction of sp³-hybridized carbons (Fsp3) is 0.533. The van der Waals surface area contributed by atoms with Gasteiger partial charge in [-0.2, -0.15) is 0 Å². The van der Waals surface area contributed by atoms with E-state index in [0.29, 0.717) is 25.0 Å². The Balaban J connectivity index is 0.000000155. The summed E-state index contributed by atoms with van der Waals surface area (Å²) in [5, 5.41) is 6.83. The second-order valence-electron chi connectivity index (χ2n) is 10.7. The van der Waals surface area contributed by atoms with Gasteiger partial charge in [-0.15, -0.1) is 0 Å². The molecule has 2 aromatic carbocycles. The van der Waals surface area contributed by atoms with E-state index in [4.69, 9.17) is 18.9 Å². The number of hydrogen-bond donors (Lipinski definition) is 2. The van der Waals surface area contributed by atoms with Gasteiger partial charge in [-0.3, -0.25) is 0 Å². The van der Waals surface area contributed by atoms with Crippen molar-refractivity contribution >= 4 is 11.9 Å². The first-order chi connectivity index (χ1) is 18.4. The molecule has 2 N–H and O–H groups in total. The number of fused-ring (bicyclic) bond motifs is 2. The van der Waals surface area contributed by atoms with Crippen LogP contribution in [0, 0.1) is 13.8 Å². The van der Waals surface area contributed by atoms with E-state index in [-0.39, 0.29) is 24.1 Å². The van der Waals surface area contributed by atoms with Crippen LogP contribution in [0.3, 0.4) is 0 Å². The third-order valence-corrected chi connectivity index (χ3v) is 8.58. The molecule has 2 saturated heterocycles. The zero-order valence-corrected chi connectivity index (χ0v) is 22.7. The molecule has 0 radical (unpaired) electrons. The summed E-state index contributed by atoms with van der Waals surface area (Å²) in [5.41, 5.74) is 8.60. The summed E-state index contributed by atoms with van der Waals surface area (Å²) >= 11 is 0. The van der Waals surface area contributed by atoms with Crippen molar-refractivity contribution < 1.29 is 28.5 Å². The molecule has 8 heteroatoms. The van der Waals surface area contributed by atoms with Crippen LogP contribution in [-0.2, 0) is 32.2 Å². The van der Waals surface area contributed by atoms with Gasteiger partial charge in [0.2, 0.25) is 0 Å². The number of hydrogen-bond acceptors (Lipinski definition) is 8. The van der Waals surface area contributed by atoms with Gasteiger partial charge in [0.05, 0.1) is 23.3 Å². The molecule has 0 bridgehead atoms. The molecule has 4 heterocycles. The number of nitrogens with one attached hydrogen (secondary N) is 2. The topological polar surface area (TPSA) is 95.1 Å². The molecule has 6 rings (SSSR count).